The van der Waals surface area contributed by atoms with Crippen LogP contribution in [0.5, 0.6) is 0 Å². The summed E-state index contributed by atoms with van der Waals surface area (Å²) in [6.07, 6.45) is -5.91. The highest BCUT2D eigenvalue weighted by Gasteiger charge is 2.83. The minimum absolute atomic E-state index is 0.00255. The summed E-state index contributed by atoms with van der Waals surface area (Å²) in [7, 11) is -3.55. The molecular weight excluding hydrogens is 347 g/mol. The molecule has 2 atom stereocenters. The molecule has 0 amide bonds. The predicted molar refractivity (Wildman–Crippen MR) is 61.9 cm³/mol. The Balaban J connectivity index is 3.20. The molecule has 1 aliphatic rings. The summed E-state index contributed by atoms with van der Waals surface area (Å²) in [6, 6.07) is -0.00255. The summed E-state index contributed by atoms with van der Waals surface area (Å²) in [5, 5.41) is 0. The smallest absolute Gasteiger partial charge is 0.417 e. The number of hydrogen-bond acceptors (Lipinski definition) is 1. The van der Waals surface area contributed by atoms with Gasteiger partial charge >= 0.3 is 23.9 Å². The van der Waals surface area contributed by atoms with Crippen molar-refractivity contribution in [1.29, 1.82) is 0 Å². The lowest BCUT2D eigenvalue weighted by Gasteiger charge is -2.43. The van der Waals surface area contributed by atoms with Gasteiger partial charge in [0.15, 0.2) is 8.32 Å². The van der Waals surface area contributed by atoms with Gasteiger partial charge in [-0.15, -0.1) is 0 Å². The van der Waals surface area contributed by atoms with Crippen LogP contribution < -0.4 is 0 Å². The van der Waals surface area contributed by atoms with E-state index in [1.54, 1.807) is 0 Å². The van der Waals surface area contributed by atoms with Crippen molar-refractivity contribution in [1.82, 2.24) is 0 Å². The van der Waals surface area contributed by atoms with Gasteiger partial charge in [-0.2, -0.15) is 39.5 Å². The van der Waals surface area contributed by atoms with Gasteiger partial charge in [-0.05, 0) is 19.0 Å². The van der Waals surface area contributed by atoms with Crippen LogP contribution in [0.15, 0.2) is 0 Å². The van der Waals surface area contributed by atoms with Crippen LogP contribution >= 0.6 is 0 Å². The topological polar surface area (TPSA) is 9.23 Å². The first-order valence-corrected chi connectivity index (χ1v) is 9.14. The zero-order valence-electron chi connectivity index (χ0n) is 11.7. The quantitative estimate of drug-likeness (QED) is 0.492. The summed E-state index contributed by atoms with van der Waals surface area (Å²) >= 11 is 0. The van der Waals surface area contributed by atoms with E-state index in [4.69, 9.17) is 4.43 Å². The van der Waals surface area contributed by atoms with Gasteiger partial charge < -0.3 is 4.43 Å². The lowest BCUT2D eigenvalue weighted by Crippen LogP contribution is -2.65. The third-order valence-electron chi connectivity index (χ3n) is 4.13. The maximum Gasteiger partial charge on any atom is 0.460 e. The fourth-order valence-corrected chi connectivity index (χ4v) is 5.68. The van der Waals surface area contributed by atoms with E-state index < -0.39 is 37.8 Å². The highest BCUT2D eigenvalue weighted by Crippen LogP contribution is 2.58. The monoisotopic (exact) mass is 362 g/mol. The summed E-state index contributed by atoms with van der Waals surface area (Å²) in [6.45, 7) is 1.70. The van der Waals surface area contributed by atoms with Gasteiger partial charge in [-0.25, -0.2) is 0 Å². The van der Waals surface area contributed by atoms with Gasteiger partial charge in [-0.3, -0.25) is 0 Å². The van der Waals surface area contributed by atoms with Crippen LogP contribution in [0.2, 0.25) is 18.1 Å². The minimum atomic E-state index is -6.84. The fraction of sp³-hybridized carbons (Fsp3) is 1.00. The second kappa shape index (κ2) is 5.57. The number of halogens is 9. The van der Waals surface area contributed by atoms with Gasteiger partial charge in [0, 0.05) is 12.1 Å². The number of hydrogen-bond donors (Lipinski definition) is 0. The van der Waals surface area contributed by atoms with E-state index in [2.05, 4.69) is 0 Å². The van der Waals surface area contributed by atoms with Crippen molar-refractivity contribution in [2.75, 3.05) is 6.61 Å². The van der Waals surface area contributed by atoms with Gasteiger partial charge in [-0.1, -0.05) is 13.3 Å². The van der Waals surface area contributed by atoms with Crippen molar-refractivity contribution >= 4 is 8.32 Å². The van der Waals surface area contributed by atoms with Gasteiger partial charge in [0.2, 0.25) is 0 Å². The number of rotatable bonds is 4. The fourth-order valence-electron chi connectivity index (χ4n) is 2.34. The lowest BCUT2D eigenvalue weighted by molar-refractivity contribution is -0.396. The Hall–Kier alpha value is -0.453. The van der Waals surface area contributed by atoms with E-state index in [1.165, 1.54) is 0 Å². The maximum atomic E-state index is 13.9. The van der Waals surface area contributed by atoms with E-state index in [0.717, 1.165) is 6.55 Å². The molecule has 0 aromatic rings. The molecule has 1 rings (SSSR count). The maximum absolute atomic E-state index is 13.9. The van der Waals surface area contributed by atoms with E-state index in [1.807, 2.05) is 0 Å². The van der Waals surface area contributed by atoms with Crippen molar-refractivity contribution < 1.29 is 43.9 Å². The van der Waals surface area contributed by atoms with E-state index in [-0.39, 0.29) is 12.7 Å². The summed E-state index contributed by atoms with van der Waals surface area (Å²) in [5.41, 5.74) is -2.40. The third kappa shape index (κ3) is 2.85. The molecule has 0 N–H and O–H groups in total. The first kappa shape index (κ1) is 19.6. The van der Waals surface area contributed by atoms with Crippen molar-refractivity contribution in [3.05, 3.63) is 0 Å². The van der Waals surface area contributed by atoms with Crippen LogP contribution in [-0.2, 0) is 4.43 Å². The van der Waals surface area contributed by atoms with Crippen LogP contribution in [0.4, 0.5) is 39.5 Å². The van der Waals surface area contributed by atoms with Crippen LogP contribution in [-0.4, -0.2) is 38.9 Å². The standard InChI is InChI=1S/C11H15F9OSi/c1-7(22(2)6-4-3-5-21-22)8(12,13)9(14,15)10(16,17)11(18,19)20/h7H,3-6H2,1-2H3. The normalized spacial score (nSPS) is 26.9. The van der Waals surface area contributed by atoms with E-state index in [0.29, 0.717) is 19.8 Å². The first-order valence-electron chi connectivity index (χ1n) is 6.45. The van der Waals surface area contributed by atoms with Crippen molar-refractivity contribution in [2.24, 2.45) is 0 Å². The zero-order chi connectivity index (χ0) is 17.6. The summed E-state index contributed by atoms with van der Waals surface area (Å²) in [5.74, 6) is -18.9. The molecule has 2 unspecified atom stereocenters. The zero-order valence-corrected chi connectivity index (χ0v) is 12.7. The third-order valence-corrected chi connectivity index (χ3v) is 8.53. The molecule has 1 fully saturated rings. The van der Waals surface area contributed by atoms with E-state index >= 15 is 0 Å². The Morgan fingerprint density at radius 2 is 1.36 bits per heavy atom. The van der Waals surface area contributed by atoms with Crippen molar-refractivity contribution in [2.45, 2.75) is 61.8 Å². The Morgan fingerprint density at radius 3 is 1.73 bits per heavy atom. The molecule has 11 heteroatoms. The summed E-state index contributed by atoms with van der Waals surface area (Å²) < 4.78 is 122. The average Bonchev–Trinajstić information content (AvgIpc) is 2.36. The van der Waals surface area contributed by atoms with Gasteiger partial charge in [0.1, 0.15) is 0 Å². The molecule has 1 nitrogen and oxygen atoms in total. The molecule has 0 saturated carbocycles. The second-order valence-corrected chi connectivity index (χ2v) is 9.89. The molecule has 0 spiro atoms. The molecule has 22 heavy (non-hydrogen) atoms. The van der Waals surface area contributed by atoms with Gasteiger partial charge in [0.25, 0.3) is 0 Å². The largest absolute Gasteiger partial charge is 0.460 e. The van der Waals surface area contributed by atoms with Crippen LogP contribution in [0.25, 0.3) is 0 Å². The van der Waals surface area contributed by atoms with Crippen molar-refractivity contribution in [3.8, 4) is 0 Å². The lowest BCUT2D eigenvalue weighted by atomic mass is 10.0. The number of alkyl halides is 9. The Bertz CT molecular complexity index is 401. The molecule has 0 aromatic carbocycles. The Labute approximate surface area is 121 Å². The first-order chi connectivity index (χ1) is 9.61. The average molecular weight is 362 g/mol. The highest BCUT2D eigenvalue weighted by molar-refractivity contribution is 6.74. The van der Waals surface area contributed by atoms with Crippen LogP contribution in [0.3, 0.4) is 0 Å². The Kier molecular flexibility index (Phi) is 4.96. The summed E-state index contributed by atoms with van der Waals surface area (Å²) in [4.78, 5) is 0. The molecule has 1 aliphatic heterocycles. The van der Waals surface area contributed by atoms with Crippen LogP contribution in [0.1, 0.15) is 19.8 Å². The molecule has 1 saturated heterocycles. The Morgan fingerprint density at radius 1 is 0.864 bits per heavy atom. The van der Waals surface area contributed by atoms with Gasteiger partial charge in [0.05, 0.1) is 0 Å². The van der Waals surface area contributed by atoms with Crippen LogP contribution in [0, 0.1) is 0 Å². The SMILES string of the molecule is CC(C(F)(F)C(F)(F)C(F)(F)C(F)(F)F)[Si]1(C)CCCCO1. The highest BCUT2D eigenvalue weighted by atomic mass is 28.4. The van der Waals surface area contributed by atoms with E-state index in [9.17, 15) is 39.5 Å². The predicted octanol–water partition coefficient (Wildman–Crippen LogP) is 5.23. The molecule has 0 aromatic heterocycles. The molecule has 1 heterocycles. The molecular formula is C11H15F9OSi. The molecule has 0 bridgehead atoms. The molecule has 0 aliphatic carbocycles. The second-order valence-electron chi connectivity index (χ2n) is 5.61. The minimum Gasteiger partial charge on any atom is -0.417 e. The molecule has 132 valence electrons. The molecule has 0 radical (unpaired) electrons. The van der Waals surface area contributed by atoms with Crippen molar-refractivity contribution in [3.63, 3.8) is 0 Å².